The Morgan fingerprint density at radius 3 is 2.40 bits per heavy atom. The van der Waals surface area contributed by atoms with Crippen LogP contribution in [0.4, 0.5) is 0 Å². The van der Waals surface area contributed by atoms with Gasteiger partial charge in [0.15, 0.2) is 0 Å². The number of amidine groups is 1. The fraction of sp³-hybridized carbons (Fsp3) is 0.867. The van der Waals surface area contributed by atoms with E-state index in [-0.39, 0.29) is 5.84 Å². The number of hydrogen-bond acceptors (Lipinski definition) is 3. The van der Waals surface area contributed by atoms with Crippen LogP contribution < -0.4 is 5.73 Å². The van der Waals surface area contributed by atoms with Crippen LogP contribution in [0.15, 0.2) is 5.16 Å². The highest BCUT2D eigenvalue weighted by molar-refractivity contribution is 5.85. The zero-order valence-corrected chi connectivity index (χ0v) is 11.7. The highest BCUT2D eigenvalue weighted by Gasteiger charge is 2.68. The van der Waals surface area contributed by atoms with Gasteiger partial charge in [-0.05, 0) is 55.8 Å². The molecule has 4 aliphatic rings. The number of oxime groups is 1. The second-order valence-corrected chi connectivity index (χ2v) is 7.12. The first-order chi connectivity index (χ1) is 9.70. The first-order valence-corrected chi connectivity index (χ1v) is 7.97. The Labute approximate surface area is 119 Å². The number of fused-ring (bicyclic) bond motifs is 5. The van der Waals surface area contributed by atoms with Crippen molar-refractivity contribution in [2.45, 2.75) is 44.6 Å². The molecule has 5 heteroatoms. The first-order valence-electron chi connectivity index (χ1n) is 7.97. The van der Waals surface area contributed by atoms with Crippen molar-refractivity contribution in [1.82, 2.24) is 4.90 Å². The van der Waals surface area contributed by atoms with Gasteiger partial charge in [-0.2, -0.15) is 0 Å². The van der Waals surface area contributed by atoms with Gasteiger partial charge in [0.1, 0.15) is 5.84 Å². The standard InChI is InChI=1S/C15H23N3O2/c16-11(17-20)5-6-18(10-3-4-10)15(19)14-12-8-1-2-9(7-8)13(12)14/h8-10,12-14,20H,1-7H2,(H2,16,17). The molecule has 0 saturated heterocycles. The van der Waals surface area contributed by atoms with E-state index in [0.29, 0.717) is 42.7 Å². The molecule has 4 aliphatic carbocycles. The zero-order valence-electron chi connectivity index (χ0n) is 11.7. The van der Waals surface area contributed by atoms with E-state index in [1.807, 2.05) is 4.90 Å². The SMILES string of the molecule is NC(CCN(C(=O)C1C2C3CCC(C3)C12)C1CC1)=NO. The van der Waals surface area contributed by atoms with Crippen molar-refractivity contribution in [2.24, 2.45) is 40.5 Å². The average molecular weight is 277 g/mol. The van der Waals surface area contributed by atoms with E-state index in [1.165, 1.54) is 19.3 Å². The van der Waals surface area contributed by atoms with Crippen LogP contribution in [0, 0.1) is 29.6 Å². The number of carbonyl (C=O) groups is 1. The van der Waals surface area contributed by atoms with Crippen LogP contribution in [0.25, 0.3) is 0 Å². The van der Waals surface area contributed by atoms with E-state index in [9.17, 15) is 4.79 Å². The molecule has 0 aromatic carbocycles. The Kier molecular flexibility index (Phi) is 2.72. The minimum atomic E-state index is 0.222. The van der Waals surface area contributed by atoms with Gasteiger partial charge in [-0.25, -0.2) is 0 Å². The van der Waals surface area contributed by atoms with Gasteiger partial charge in [-0.1, -0.05) is 5.16 Å². The smallest absolute Gasteiger partial charge is 0.226 e. The molecule has 4 fully saturated rings. The van der Waals surface area contributed by atoms with Gasteiger partial charge >= 0.3 is 0 Å². The molecule has 0 aliphatic heterocycles. The molecule has 4 atom stereocenters. The Balaban J connectivity index is 1.41. The largest absolute Gasteiger partial charge is 0.409 e. The lowest BCUT2D eigenvalue weighted by atomic mass is 10.0. The summed E-state index contributed by atoms with van der Waals surface area (Å²) in [6.45, 7) is 0.616. The summed E-state index contributed by atoms with van der Waals surface area (Å²) in [7, 11) is 0. The van der Waals surface area contributed by atoms with Crippen molar-refractivity contribution < 1.29 is 10.0 Å². The van der Waals surface area contributed by atoms with Gasteiger partial charge in [0.2, 0.25) is 5.91 Å². The normalized spacial score (nSPS) is 41.6. The minimum absolute atomic E-state index is 0.222. The number of nitrogens with two attached hydrogens (primary N) is 1. The van der Waals surface area contributed by atoms with Crippen LogP contribution in [0.2, 0.25) is 0 Å². The summed E-state index contributed by atoms with van der Waals surface area (Å²) in [5.41, 5.74) is 5.54. The van der Waals surface area contributed by atoms with Crippen LogP contribution in [0.1, 0.15) is 38.5 Å². The fourth-order valence-corrected chi connectivity index (χ4v) is 4.99. The molecule has 4 saturated carbocycles. The van der Waals surface area contributed by atoms with Gasteiger partial charge in [0.25, 0.3) is 0 Å². The van der Waals surface area contributed by atoms with Gasteiger partial charge in [-0.15, -0.1) is 0 Å². The highest BCUT2D eigenvalue weighted by atomic mass is 16.4. The number of nitrogens with zero attached hydrogens (tertiary/aromatic N) is 2. The molecule has 0 aromatic rings. The predicted octanol–water partition coefficient (Wildman–Crippen LogP) is 1.41. The van der Waals surface area contributed by atoms with Crippen LogP contribution >= 0.6 is 0 Å². The van der Waals surface area contributed by atoms with Crippen molar-refractivity contribution in [3.8, 4) is 0 Å². The number of rotatable bonds is 5. The van der Waals surface area contributed by atoms with E-state index in [2.05, 4.69) is 5.16 Å². The molecule has 0 spiro atoms. The van der Waals surface area contributed by atoms with Crippen molar-refractivity contribution >= 4 is 11.7 Å². The molecular weight excluding hydrogens is 254 g/mol. The Hall–Kier alpha value is -1.26. The number of carbonyl (C=O) groups excluding carboxylic acids is 1. The maximum atomic E-state index is 12.8. The molecule has 1 amide bonds. The summed E-state index contributed by atoms with van der Waals surface area (Å²) in [5.74, 6) is 3.98. The molecule has 2 bridgehead atoms. The molecule has 110 valence electrons. The van der Waals surface area contributed by atoms with Gasteiger partial charge in [-0.3, -0.25) is 4.79 Å². The third kappa shape index (κ3) is 1.82. The maximum absolute atomic E-state index is 12.8. The fourth-order valence-electron chi connectivity index (χ4n) is 4.99. The quantitative estimate of drug-likeness (QED) is 0.345. The molecule has 0 aromatic heterocycles. The van der Waals surface area contributed by atoms with Crippen LogP contribution in [0.3, 0.4) is 0 Å². The third-order valence-corrected chi connectivity index (χ3v) is 6.03. The maximum Gasteiger partial charge on any atom is 0.226 e. The van der Waals surface area contributed by atoms with Crippen LogP contribution in [-0.4, -0.2) is 34.4 Å². The lowest BCUT2D eigenvalue weighted by molar-refractivity contribution is -0.134. The second-order valence-electron chi connectivity index (χ2n) is 7.12. The van der Waals surface area contributed by atoms with Gasteiger partial charge < -0.3 is 15.8 Å². The molecule has 20 heavy (non-hydrogen) atoms. The first kappa shape index (κ1) is 12.5. The summed E-state index contributed by atoms with van der Waals surface area (Å²) < 4.78 is 0. The summed E-state index contributed by atoms with van der Waals surface area (Å²) >= 11 is 0. The minimum Gasteiger partial charge on any atom is -0.409 e. The molecule has 0 heterocycles. The molecule has 3 N–H and O–H groups in total. The average Bonchev–Trinajstić information content (AvgIpc) is 3.36. The molecular formula is C15H23N3O2. The van der Waals surface area contributed by atoms with Crippen LogP contribution in [0.5, 0.6) is 0 Å². The molecule has 4 rings (SSSR count). The lowest BCUT2D eigenvalue weighted by Gasteiger charge is -2.23. The van der Waals surface area contributed by atoms with E-state index in [0.717, 1.165) is 24.7 Å². The van der Waals surface area contributed by atoms with E-state index < -0.39 is 0 Å². The van der Waals surface area contributed by atoms with Crippen LogP contribution in [-0.2, 0) is 4.79 Å². The summed E-state index contributed by atoms with van der Waals surface area (Å²) in [5, 5.41) is 11.6. The van der Waals surface area contributed by atoms with E-state index in [4.69, 9.17) is 10.9 Å². The lowest BCUT2D eigenvalue weighted by Crippen LogP contribution is -2.38. The van der Waals surface area contributed by atoms with Crippen molar-refractivity contribution in [3.05, 3.63) is 0 Å². The van der Waals surface area contributed by atoms with Crippen molar-refractivity contribution in [1.29, 1.82) is 0 Å². The van der Waals surface area contributed by atoms with Crippen molar-refractivity contribution in [3.63, 3.8) is 0 Å². The van der Waals surface area contributed by atoms with Gasteiger partial charge in [0, 0.05) is 24.9 Å². The predicted molar refractivity (Wildman–Crippen MR) is 74.1 cm³/mol. The van der Waals surface area contributed by atoms with Crippen molar-refractivity contribution in [2.75, 3.05) is 6.54 Å². The van der Waals surface area contributed by atoms with E-state index in [1.54, 1.807) is 0 Å². The number of amides is 1. The Bertz CT molecular complexity index is 444. The molecule has 0 radical (unpaired) electrons. The van der Waals surface area contributed by atoms with Gasteiger partial charge in [0.05, 0.1) is 0 Å². The molecule has 4 unspecified atom stereocenters. The monoisotopic (exact) mass is 277 g/mol. The second kappa shape index (κ2) is 4.37. The Morgan fingerprint density at radius 2 is 1.85 bits per heavy atom. The number of hydrogen-bond donors (Lipinski definition) is 2. The Morgan fingerprint density at radius 1 is 1.20 bits per heavy atom. The topological polar surface area (TPSA) is 78.9 Å². The zero-order chi connectivity index (χ0) is 13.9. The third-order valence-electron chi connectivity index (χ3n) is 6.03. The molecule has 5 nitrogen and oxygen atoms in total. The summed E-state index contributed by atoms with van der Waals surface area (Å²) in [6.07, 6.45) is 6.81. The van der Waals surface area contributed by atoms with E-state index >= 15 is 0 Å². The summed E-state index contributed by atoms with van der Waals surface area (Å²) in [4.78, 5) is 14.8. The summed E-state index contributed by atoms with van der Waals surface area (Å²) in [6, 6.07) is 0.424. The highest BCUT2D eigenvalue weighted by Crippen LogP contribution is 2.69.